The Labute approximate surface area is 104 Å². The molecule has 0 bridgehead atoms. The predicted molar refractivity (Wildman–Crippen MR) is 70.4 cm³/mol. The fourth-order valence-corrected chi connectivity index (χ4v) is 1.91. The van der Waals surface area contributed by atoms with E-state index in [-0.39, 0.29) is 0 Å². The van der Waals surface area contributed by atoms with Crippen molar-refractivity contribution in [3.63, 3.8) is 0 Å². The van der Waals surface area contributed by atoms with Crippen molar-refractivity contribution in [3.8, 4) is 0 Å². The number of nitrogens with one attached hydrogen (secondary N) is 1. The summed E-state index contributed by atoms with van der Waals surface area (Å²) in [4.78, 5) is 4.44. The molecule has 0 aliphatic carbocycles. The summed E-state index contributed by atoms with van der Waals surface area (Å²) in [7, 11) is 0. The number of hydrogen-bond donors (Lipinski definition) is 1. The number of pyridine rings is 1. The van der Waals surface area contributed by atoms with Crippen molar-refractivity contribution in [3.05, 3.63) is 58.3 Å². The molecule has 0 atom stereocenters. The first-order valence-electron chi connectivity index (χ1n) is 5.16. The highest BCUT2D eigenvalue weighted by Gasteiger charge is 1.98. The zero-order valence-corrected chi connectivity index (χ0v) is 10.7. The van der Waals surface area contributed by atoms with Gasteiger partial charge in [0.2, 0.25) is 0 Å². The molecule has 0 unspecified atom stereocenters. The van der Waals surface area contributed by atoms with Gasteiger partial charge in [0.1, 0.15) is 0 Å². The number of aromatic nitrogens is 1. The Morgan fingerprint density at radius 1 is 1.12 bits per heavy atom. The summed E-state index contributed by atoms with van der Waals surface area (Å²) < 4.78 is 1.07. The molecule has 1 aromatic carbocycles. The minimum absolute atomic E-state index is 0.740. The van der Waals surface area contributed by atoms with Crippen LogP contribution in [-0.4, -0.2) is 4.98 Å². The summed E-state index contributed by atoms with van der Waals surface area (Å²) in [6.07, 6.45) is 0. The molecule has 2 rings (SSSR count). The maximum absolute atomic E-state index is 4.44. The van der Waals surface area contributed by atoms with E-state index in [1.807, 2.05) is 49.4 Å². The zero-order valence-electron chi connectivity index (χ0n) is 9.07. The number of rotatable bonds is 3. The molecule has 2 aromatic rings. The predicted octanol–water partition coefficient (Wildman–Crippen LogP) is 3.76. The summed E-state index contributed by atoms with van der Waals surface area (Å²) in [5, 5.41) is 3.35. The van der Waals surface area contributed by atoms with E-state index in [2.05, 4.69) is 26.2 Å². The Bertz CT molecular complexity index is 483. The summed E-state index contributed by atoms with van der Waals surface area (Å²) in [6, 6.07) is 14.1. The van der Waals surface area contributed by atoms with E-state index < -0.39 is 0 Å². The second-order valence-corrected chi connectivity index (χ2v) is 4.46. The van der Waals surface area contributed by atoms with Crippen molar-refractivity contribution in [2.75, 3.05) is 5.32 Å². The lowest BCUT2D eigenvalue weighted by atomic mass is 10.3. The second-order valence-electron chi connectivity index (χ2n) is 3.60. The van der Waals surface area contributed by atoms with Crippen LogP contribution in [0.15, 0.2) is 46.9 Å². The van der Waals surface area contributed by atoms with E-state index in [0.29, 0.717) is 0 Å². The fourth-order valence-electron chi connectivity index (χ4n) is 1.49. The normalized spacial score (nSPS) is 10.1. The van der Waals surface area contributed by atoms with E-state index in [4.69, 9.17) is 0 Å². The van der Waals surface area contributed by atoms with E-state index >= 15 is 0 Å². The van der Waals surface area contributed by atoms with Gasteiger partial charge in [0.25, 0.3) is 0 Å². The Morgan fingerprint density at radius 2 is 1.94 bits per heavy atom. The molecule has 82 valence electrons. The molecule has 1 heterocycles. The van der Waals surface area contributed by atoms with Crippen LogP contribution in [0.4, 0.5) is 5.69 Å². The van der Waals surface area contributed by atoms with Crippen molar-refractivity contribution in [1.82, 2.24) is 4.98 Å². The first-order valence-corrected chi connectivity index (χ1v) is 5.96. The first kappa shape index (κ1) is 11.1. The summed E-state index contributed by atoms with van der Waals surface area (Å²) >= 11 is 3.50. The monoisotopic (exact) mass is 276 g/mol. The van der Waals surface area contributed by atoms with Crippen LogP contribution in [0.3, 0.4) is 0 Å². The Balaban J connectivity index is 2.05. The highest BCUT2D eigenvalue weighted by atomic mass is 79.9. The van der Waals surface area contributed by atoms with Crippen molar-refractivity contribution >= 4 is 21.6 Å². The molecule has 1 N–H and O–H groups in total. The molecule has 16 heavy (non-hydrogen) atoms. The molecule has 0 saturated carbocycles. The van der Waals surface area contributed by atoms with Crippen LogP contribution in [0.5, 0.6) is 0 Å². The minimum Gasteiger partial charge on any atom is -0.378 e. The lowest BCUT2D eigenvalue weighted by Crippen LogP contribution is -2.02. The van der Waals surface area contributed by atoms with Gasteiger partial charge in [-0.1, -0.05) is 18.2 Å². The molecular weight excluding hydrogens is 264 g/mol. The summed E-state index contributed by atoms with van der Waals surface area (Å²) in [6.45, 7) is 2.74. The van der Waals surface area contributed by atoms with Crippen LogP contribution in [0, 0.1) is 6.92 Å². The smallest absolute Gasteiger partial charge is 0.0597 e. The third kappa shape index (κ3) is 2.83. The molecule has 0 saturated heterocycles. The van der Waals surface area contributed by atoms with Gasteiger partial charge in [0.05, 0.1) is 12.2 Å². The van der Waals surface area contributed by atoms with Gasteiger partial charge in [-0.25, -0.2) is 0 Å². The van der Waals surface area contributed by atoms with Gasteiger partial charge >= 0.3 is 0 Å². The average Bonchev–Trinajstić information content (AvgIpc) is 2.28. The number of benzene rings is 1. The molecule has 0 aliphatic rings. The number of aryl methyl sites for hydroxylation is 1. The number of anilines is 1. The van der Waals surface area contributed by atoms with Crippen LogP contribution in [0.25, 0.3) is 0 Å². The highest BCUT2D eigenvalue weighted by molar-refractivity contribution is 9.10. The number of para-hydroxylation sites is 1. The SMILES string of the molecule is Cc1cccc(CNc2ccccc2Br)n1. The van der Waals surface area contributed by atoms with Gasteiger partial charge in [-0.15, -0.1) is 0 Å². The van der Waals surface area contributed by atoms with Gasteiger partial charge in [-0.3, -0.25) is 4.98 Å². The van der Waals surface area contributed by atoms with Crippen molar-refractivity contribution in [1.29, 1.82) is 0 Å². The topological polar surface area (TPSA) is 24.9 Å². The second kappa shape index (κ2) is 5.12. The van der Waals surface area contributed by atoms with E-state index in [1.165, 1.54) is 0 Å². The van der Waals surface area contributed by atoms with E-state index in [1.54, 1.807) is 0 Å². The van der Waals surface area contributed by atoms with E-state index in [0.717, 1.165) is 28.1 Å². The molecule has 0 radical (unpaired) electrons. The standard InChI is InChI=1S/C13H13BrN2/c1-10-5-4-6-11(16-10)9-15-13-8-3-2-7-12(13)14/h2-8,15H,9H2,1H3. The molecule has 0 fully saturated rings. The van der Waals surface area contributed by atoms with Crippen LogP contribution in [0.1, 0.15) is 11.4 Å². The van der Waals surface area contributed by atoms with Gasteiger partial charge < -0.3 is 5.32 Å². The van der Waals surface area contributed by atoms with Crippen LogP contribution in [-0.2, 0) is 6.54 Å². The molecule has 3 heteroatoms. The lowest BCUT2D eigenvalue weighted by molar-refractivity contribution is 1.01. The van der Waals surface area contributed by atoms with Crippen molar-refractivity contribution in [2.24, 2.45) is 0 Å². The Kier molecular flexibility index (Phi) is 3.57. The maximum atomic E-state index is 4.44. The van der Waals surface area contributed by atoms with E-state index in [9.17, 15) is 0 Å². The zero-order chi connectivity index (χ0) is 11.4. The van der Waals surface area contributed by atoms with Crippen molar-refractivity contribution < 1.29 is 0 Å². The molecule has 0 amide bonds. The van der Waals surface area contributed by atoms with Crippen LogP contribution in [0.2, 0.25) is 0 Å². The summed E-state index contributed by atoms with van der Waals surface area (Å²) in [5.41, 5.74) is 3.19. The molecule has 0 spiro atoms. The van der Waals surface area contributed by atoms with Crippen LogP contribution < -0.4 is 5.32 Å². The number of hydrogen-bond acceptors (Lipinski definition) is 2. The molecule has 1 aromatic heterocycles. The van der Waals surface area contributed by atoms with Gasteiger partial charge in [0, 0.05) is 15.9 Å². The minimum atomic E-state index is 0.740. The highest BCUT2D eigenvalue weighted by Crippen LogP contribution is 2.21. The third-order valence-electron chi connectivity index (χ3n) is 2.28. The summed E-state index contributed by atoms with van der Waals surface area (Å²) in [5.74, 6) is 0. The van der Waals surface area contributed by atoms with Crippen molar-refractivity contribution in [2.45, 2.75) is 13.5 Å². The Morgan fingerprint density at radius 3 is 2.69 bits per heavy atom. The molecular formula is C13H13BrN2. The lowest BCUT2D eigenvalue weighted by Gasteiger charge is -2.08. The van der Waals surface area contributed by atoms with Gasteiger partial charge in [0.15, 0.2) is 0 Å². The van der Waals surface area contributed by atoms with Gasteiger partial charge in [-0.2, -0.15) is 0 Å². The van der Waals surface area contributed by atoms with Gasteiger partial charge in [-0.05, 0) is 47.1 Å². The molecule has 0 aliphatic heterocycles. The number of halogens is 1. The first-order chi connectivity index (χ1) is 7.75. The van der Waals surface area contributed by atoms with Crippen LogP contribution >= 0.6 is 15.9 Å². The average molecular weight is 277 g/mol. The largest absolute Gasteiger partial charge is 0.378 e. The maximum Gasteiger partial charge on any atom is 0.0597 e. The molecule has 2 nitrogen and oxygen atoms in total. The Hall–Kier alpha value is -1.35. The quantitative estimate of drug-likeness (QED) is 0.923. The number of nitrogens with zero attached hydrogens (tertiary/aromatic N) is 1. The third-order valence-corrected chi connectivity index (χ3v) is 2.97. The fraction of sp³-hybridized carbons (Fsp3) is 0.154.